The highest BCUT2D eigenvalue weighted by Crippen LogP contribution is 2.42. The van der Waals surface area contributed by atoms with Crippen molar-refractivity contribution in [2.75, 3.05) is 5.75 Å². The predicted octanol–water partition coefficient (Wildman–Crippen LogP) is 3.02. The van der Waals surface area contributed by atoms with Crippen LogP contribution in [0.3, 0.4) is 0 Å². The Labute approximate surface area is 118 Å². The molecule has 0 radical (unpaired) electrons. The van der Waals surface area contributed by atoms with Crippen LogP contribution in [0.2, 0.25) is 5.15 Å². The van der Waals surface area contributed by atoms with Crippen LogP contribution in [0.1, 0.15) is 17.3 Å². The summed E-state index contributed by atoms with van der Waals surface area (Å²) in [6, 6.07) is 8.42. The van der Waals surface area contributed by atoms with E-state index < -0.39 is 0 Å². The molecule has 0 N–H and O–H groups in total. The molecule has 4 nitrogen and oxygen atoms in total. The number of aromatic nitrogens is 4. The molecule has 19 heavy (non-hydrogen) atoms. The molecule has 0 amide bonds. The number of nitrogens with zero attached hydrogens (tertiary/aromatic N) is 4. The molecular formula is C13H9ClN4S. The third kappa shape index (κ3) is 1.65. The molecular weight excluding hydrogens is 280 g/mol. The lowest BCUT2D eigenvalue weighted by Crippen LogP contribution is -2.06. The van der Waals surface area contributed by atoms with Gasteiger partial charge in [0.25, 0.3) is 0 Å². The van der Waals surface area contributed by atoms with E-state index in [1.54, 1.807) is 12.4 Å². The lowest BCUT2D eigenvalue weighted by Gasteiger charge is -2.09. The molecule has 3 heterocycles. The fourth-order valence-electron chi connectivity index (χ4n) is 2.44. The van der Waals surface area contributed by atoms with Gasteiger partial charge in [0.1, 0.15) is 11.0 Å². The van der Waals surface area contributed by atoms with Crippen molar-refractivity contribution in [1.29, 1.82) is 0 Å². The first-order chi connectivity index (χ1) is 9.34. The molecule has 0 spiro atoms. The summed E-state index contributed by atoms with van der Waals surface area (Å²) in [5.74, 6) is 2.09. The van der Waals surface area contributed by atoms with E-state index in [2.05, 4.69) is 39.4 Å². The molecule has 1 aliphatic heterocycles. The minimum atomic E-state index is 0.232. The average molecular weight is 289 g/mol. The summed E-state index contributed by atoms with van der Waals surface area (Å²) in [6.45, 7) is 0. The van der Waals surface area contributed by atoms with Crippen molar-refractivity contribution in [3.8, 4) is 0 Å². The standard InChI is InChI=1S/C13H9ClN4S/c14-11-5-15-6-12-16-17-13(18(11)12)9-7-19-10-4-2-1-3-8(9)10/h1-6,9H,7H2. The summed E-state index contributed by atoms with van der Waals surface area (Å²) in [4.78, 5) is 5.35. The molecule has 1 unspecified atom stereocenters. The molecule has 2 aromatic heterocycles. The Morgan fingerprint density at radius 1 is 1.21 bits per heavy atom. The largest absolute Gasteiger partial charge is 0.266 e. The lowest BCUT2D eigenvalue weighted by molar-refractivity contribution is 0.807. The average Bonchev–Trinajstić information content (AvgIpc) is 3.02. The van der Waals surface area contributed by atoms with Crippen molar-refractivity contribution < 1.29 is 0 Å². The van der Waals surface area contributed by atoms with Crippen molar-refractivity contribution in [3.05, 3.63) is 53.2 Å². The fraction of sp³-hybridized carbons (Fsp3) is 0.154. The second-order valence-corrected chi connectivity index (χ2v) is 5.83. The highest BCUT2D eigenvalue weighted by molar-refractivity contribution is 7.99. The number of thioether (sulfide) groups is 1. The van der Waals surface area contributed by atoms with Crippen molar-refractivity contribution in [1.82, 2.24) is 19.6 Å². The molecule has 6 heteroatoms. The van der Waals surface area contributed by atoms with Crippen LogP contribution in [-0.4, -0.2) is 25.3 Å². The van der Waals surface area contributed by atoms with Crippen molar-refractivity contribution in [3.63, 3.8) is 0 Å². The monoisotopic (exact) mass is 288 g/mol. The first-order valence-electron chi connectivity index (χ1n) is 5.91. The van der Waals surface area contributed by atoms with E-state index >= 15 is 0 Å². The molecule has 0 saturated heterocycles. The summed E-state index contributed by atoms with van der Waals surface area (Å²) >= 11 is 8.07. The first kappa shape index (κ1) is 11.3. The van der Waals surface area contributed by atoms with Crippen molar-refractivity contribution in [2.45, 2.75) is 10.8 Å². The Hall–Kier alpha value is -1.59. The van der Waals surface area contributed by atoms with E-state index in [9.17, 15) is 0 Å². The van der Waals surface area contributed by atoms with Gasteiger partial charge in [0, 0.05) is 10.6 Å². The smallest absolute Gasteiger partial charge is 0.180 e. The second kappa shape index (κ2) is 4.21. The summed E-state index contributed by atoms with van der Waals surface area (Å²) < 4.78 is 1.88. The van der Waals surface area contributed by atoms with E-state index in [0.717, 1.165) is 11.6 Å². The molecule has 0 saturated carbocycles. The summed E-state index contributed by atoms with van der Waals surface area (Å²) in [5.41, 5.74) is 1.99. The highest BCUT2D eigenvalue weighted by Gasteiger charge is 2.28. The van der Waals surface area contributed by atoms with Gasteiger partial charge in [-0.2, -0.15) is 0 Å². The quantitative estimate of drug-likeness (QED) is 0.690. The molecule has 4 rings (SSSR count). The maximum Gasteiger partial charge on any atom is 0.180 e. The van der Waals surface area contributed by atoms with Crippen LogP contribution in [-0.2, 0) is 0 Å². The van der Waals surface area contributed by atoms with E-state index in [-0.39, 0.29) is 5.92 Å². The maximum absolute atomic E-state index is 6.22. The van der Waals surface area contributed by atoms with Gasteiger partial charge in [-0.15, -0.1) is 22.0 Å². The number of halogens is 1. The van der Waals surface area contributed by atoms with Crippen LogP contribution in [0.5, 0.6) is 0 Å². The third-order valence-electron chi connectivity index (χ3n) is 3.31. The summed E-state index contributed by atoms with van der Waals surface area (Å²) in [5, 5.41) is 9.01. The minimum absolute atomic E-state index is 0.232. The molecule has 0 bridgehead atoms. The Balaban J connectivity index is 1.93. The Morgan fingerprint density at radius 3 is 3.05 bits per heavy atom. The third-order valence-corrected chi connectivity index (χ3v) is 4.76. The van der Waals surface area contributed by atoms with Gasteiger partial charge < -0.3 is 0 Å². The van der Waals surface area contributed by atoms with Crippen molar-refractivity contribution in [2.24, 2.45) is 0 Å². The van der Waals surface area contributed by atoms with E-state index in [4.69, 9.17) is 11.6 Å². The Bertz CT molecular complexity index is 770. The van der Waals surface area contributed by atoms with Crippen LogP contribution in [0.4, 0.5) is 0 Å². The lowest BCUT2D eigenvalue weighted by atomic mass is 10.0. The number of rotatable bonds is 1. The molecule has 1 atom stereocenters. The van der Waals surface area contributed by atoms with Gasteiger partial charge >= 0.3 is 0 Å². The van der Waals surface area contributed by atoms with E-state index in [1.165, 1.54) is 10.5 Å². The van der Waals surface area contributed by atoms with Gasteiger partial charge in [-0.05, 0) is 11.6 Å². The molecule has 3 aromatic rings. The Morgan fingerprint density at radius 2 is 2.11 bits per heavy atom. The molecule has 0 fully saturated rings. The zero-order valence-corrected chi connectivity index (χ0v) is 11.4. The minimum Gasteiger partial charge on any atom is -0.266 e. The van der Waals surface area contributed by atoms with Crippen LogP contribution < -0.4 is 0 Å². The van der Waals surface area contributed by atoms with Gasteiger partial charge in [0.05, 0.1) is 18.3 Å². The van der Waals surface area contributed by atoms with Crippen LogP contribution in [0, 0.1) is 0 Å². The molecule has 0 aliphatic carbocycles. The van der Waals surface area contributed by atoms with Gasteiger partial charge in [0.15, 0.2) is 5.65 Å². The van der Waals surface area contributed by atoms with E-state index in [0.29, 0.717) is 10.8 Å². The Kier molecular flexibility index (Phi) is 2.50. The topological polar surface area (TPSA) is 43.1 Å². The van der Waals surface area contributed by atoms with Gasteiger partial charge in [-0.3, -0.25) is 9.38 Å². The van der Waals surface area contributed by atoms with Gasteiger partial charge in [-0.25, -0.2) is 0 Å². The molecule has 94 valence electrons. The highest BCUT2D eigenvalue weighted by atomic mass is 35.5. The maximum atomic E-state index is 6.22. The normalized spacial score (nSPS) is 17.8. The van der Waals surface area contributed by atoms with Gasteiger partial charge in [-0.1, -0.05) is 29.8 Å². The molecule has 1 aliphatic rings. The fourth-order valence-corrected chi connectivity index (χ4v) is 3.89. The van der Waals surface area contributed by atoms with Crippen LogP contribution in [0.25, 0.3) is 5.65 Å². The number of hydrogen-bond donors (Lipinski definition) is 0. The number of fused-ring (bicyclic) bond motifs is 2. The summed E-state index contributed by atoms with van der Waals surface area (Å²) in [6.07, 6.45) is 3.30. The van der Waals surface area contributed by atoms with Crippen LogP contribution in [0.15, 0.2) is 41.6 Å². The zero-order valence-electron chi connectivity index (χ0n) is 9.82. The van der Waals surface area contributed by atoms with Gasteiger partial charge in [0.2, 0.25) is 0 Å². The van der Waals surface area contributed by atoms with Crippen molar-refractivity contribution >= 4 is 29.0 Å². The number of hydrogen-bond acceptors (Lipinski definition) is 4. The van der Waals surface area contributed by atoms with E-state index in [1.807, 2.05) is 16.2 Å². The van der Waals surface area contributed by atoms with Crippen LogP contribution >= 0.6 is 23.4 Å². The first-order valence-corrected chi connectivity index (χ1v) is 7.27. The predicted molar refractivity (Wildman–Crippen MR) is 74.8 cm³/mol. The molecule has 1 aromatic carbocycles. The zero-order chi connectivity index (χ0) is 12.8. The second-order valence-electron chi connectivity index (χ2n) is 4.38. The number of benzene rings is 1. The summed E-state index contributed by atoms with van der Waals surface area (Å²) in [7, 11) is 0. The SMILES string of the molecule is Clc1cncc2nnc(C3CSc4ccccc43)n12.